The molecule has 1 aromatic carbocycles. The molecule has 7 nitrogen and oxygen atoms in total. The van der Waals surface area contributed by atoms with Crippen molar-refractivity contribution < 1.29 is 14.4 Å². The zero-order chi connectivity index (χ0) is 23.9. The molecule has 0 aromatic heterocycles. The van der Waals surface area contributed by atoms with Crippen molar-refractivity contribution >= 4 is 17.8 Å². The van der Waals surface area contributed by atoms with E-state index in [1.54, 1.807) is 0 Å². The molecule has 5 aliphatic rings. The molecule has 1 N–H and O–H groups in total. The SMILES string of the molecule is O=C1N[C@H](CC(=O)N2CCCC3=C[C@H]4C[C@@H](CN5CCCC[C@@H]45)[C@@H]32)C(=O)N1CCc1ccccc1. The number of hydrogen-bond acceptors (Lipinski definition) is 4. The average molecular weight is 477 g/mol. The van der Waals surface area contributed by atoms with Crippen molar-refractivity contribution in [2.24, 2.45) is 11.8 Å². The Kier molecular flexibility index (Phi) is 6.13. The molecule has 4 fully saturated rings. The van der Waals surface area contributed by atoms with Crippen LogP contribution in [0.2, 0.25) is 0 Å². The van der Waals surface area contributed by atoms with E-state index in [1.807, 2.05) is 35.2 Å². The fourth-order valence-corrected chi connectivity index (χ4v) is 7.36. The zero-order valence-corrected chi connectivity index (χ0v) is 20.4. The monoisotopic (exact) mass is 476 g/mol. The highest BCUT2D eigenvalue weighted by atomic mass is 16.2. The van der Waals surface area contributed by atoms with Crippen LogP contribution in [0.15, 0.2) is 42.0 Å². The summed E-state index contributed by atoms with van der Waals surface area (Å²) >= 11 is 0. The van der Waals surface area contributed by atoms with Gasteiger partial charge in [-0.15, -0.1) is 0 Å². The number of urea groups is 1. The van der Waals surface area contributed by atoms with Crippen molar-refractivity contribution in [2.45, 2.75) is 69.5 Å². The highest BCUT2D eigenvalue weighted by molar-refractivity contribution is 6.05. The van der Waals surface area contributed by atoms with Crippen molar-refractivity contribution in [3.8, 4) is 0 Å². The van der Waals surface area contributed by atoms with Gasteiger partial charge >= 0.3 is 6.03 Å². The number of amides is 4. The van der Waals surface area contributed by atoms with E-state index in [1.165, 1.54) is 42.7 Å². The Hall–Kier alpha value is -2.67. The van der Waals surface area contributed by atoms with Crippen LogP contribution in [-0.4, -0.2) is 76.8 Å². The molecule has 4 amide bonds. The lowest BCUT2D eigenvalue weighted by Crippen LogP contribution is -2.60. The Morgan fingerprint density at radius 2 is 1.91 bits per heavy atom. The smallest absolute Gasteiger partial charge is 0.324 e. The first-order valence-corrected chi connectivity index (χ1v) is 13.5. The van der Waals surface area contributed by atoms with Crippen LogP contribution in [0.4, 0.5) is 4.79 Å². The molecule has 1 aliphatic carbocycles. The molecule has 4 aliphatic heterocycles. The molecule has 5 atom stereocenters. The summed E-state index contributed by atoms with van der Waals surface area (Å²) in [5.41, 5.74) is 2.53. The number of hydrogen-bond donors (Lipinski definition) is 1. The van der Waals surface area contributed by atoms with Gasteiger partial charge in [0.1, 0.15) is 6.04 Å². The molecule has 0 unspecified atom stereocenters. The van der Waals surface area contributed by atoms with E-state index < -0.39 is 6.04 Å². The van der Waals surface area contributed by atoms with Gasteiger partial charge in [0, 0.05) is 25.7 Å². The predicted molar refractivity (Wildman–Crippen MR) is 132 cm³/mol. The molecule has 0 radical (unpaired) electrons. The molecule has 6 rings (SSSR count). The van der Waals surface area contributed by atoms with E-state index in [9.17, 15) is 14.4 Å². The lowest BCUT2D eigenvalue weighted by atomic mass is 9.68. The standard InChI is InChI=1S/C28H36N4O3/c33-25(17-23-27(34)32(28(35)29-23)14-11-19-7-2-1-3-8-19)31-13-6-9-20-15-21-16-22(26(20)31)18-30-12-5-4-10-24(21)30/h1-3,7-8,15,21-24,26H,4-6,9-14,16-18H2,(H,29,35)/t21-,22-,23+,24-,26+/m0/s1. The molecule has 4 saturated heterocycles. The summed E-state index contributed by atoms with van der Waals surface area (Å²) in [6, 6.07) is 9.56. The second-order valence-corrected chi connectivity index (χ2v) is 11.0. The minimum Gasteiger partial charge on any atom is -0.336 e. The van der Waals surface area contributed by atoms with Crippen LogP contribution in [0, 0.1) is 11.8 Å². The summed E-state index contributed by atoms with van der Waals surface area (Å²) in [6.45, 7) is 3.35. The molecular formula is C28H36N4O3. The average Bonchev–Trinajstić information content (AvgIpc) is 3.14. The van der Waals surface area contributed by atoms with E-state index in [-0.39, 0.29) is 30.3 Å². The van der Waals surface area contributed by atoms with Crippen LogP contribution >= 0.6 is 0 Å². The van der Waals surface area contributed by atoms with E-state index >= 15 is 0 Å². The van der Waals surface area contributed by atoms with Gasteiger partial charge in [-0.05, 0) is 62.5 Å². The first-order valence-electron chi connectivity index (χ1n) is 13.5. The molecule has 0 spiro atoms. The van der Waals surface area contributed by atoms with Crippen LogP contribution in [-0.2, 0) is 16.0 Å². The first kappa shape index (κ1) is 22.8. The number of piperidine rings is 3. The van der Waals surface area contributed by atoms with E-state index in [0.29, 0.717) is 30.8 Å². The normalized spacial score (nSPS) is 32.6. The quantitative estimate of drug-likeness (QED) is 0.524. The van der Waals surface area contributed by atoms with E-state index in [4.69, 9.17) is 0 Å². The number of rotatable bonds is 5. The van der Waals surface area contributed by atoms with Gasteiger partial charge in [-0.1, -0.05) is 48.4 Å². The lowest BCUT2D eigenvalue weighted by molar-refractivity contribution is -0.139. The van der Waals surface area contributed by atoms with Crippen LogP contribution in [0.3, 0.4) is 0 Å². The molecular weight excluding hydrogens is 440 g/mol. The van der Waals surface area contributed by atoms with Gasteiger partial charge in [0.2, 0.25) is 5.91 Å². The summed E-state index contributed by atoms with van der Waals surface area (Å²) in [7, 11) is 0. The molecule has 7 heteroatoms. The summed E-state index contributed by atoms with van der Waals surface area (Å²) in [5.74, 6) is 0.840. The Morgan fingerprint density at radius 1 is 1.06 bits per heavy atom. The van der Waals surface area contributed by atoms with Gasteiger partial charge in [0.25, 0.3) is 5.91 Å². The van der Waals surface area contributed by atoms with Gasteiger partial charge < -0.3 is 10.2 Å². The third-order valence-corrected chi connectivity index (χ3v) is 8.93. The van der Waals surface area contributed by atoms with Crippen LogP contribution in [0.1, 0.15) is 50.5 Å². The number of carbonyl (C=O) groups is 3. The van der Waals surface area contributed by atoms with Crippen molar-refractivity contribution in [1.82, 2.24) is 20.0 Å². The summed E-state index contributed by atoms with van der Waals surface area (Å²) < 4.78 is 0. The molecule has 186 valence electrons. The number of nitrogens with zero attached hydrogens (tertiary/aromatic N) is 3. The van der Waals surface area contributed by atoms with Crippen LogP contribution in [0.25, 0.3) is 0 Å². The Bertz CT molecular complexity index is 1020. The lowest BCUT2D eigenvalue weighted by Gasteiger charge is -2.54. The maximum atomic E-state index is 13.6. The molecule has 0 saturated carbocycles. The first-order chi connectivity index (χ1) is 17.1. The number of nitrogens with one attached hydrogen (secondary N) is 1. The van der Waals surface area contributed by atoms with Crippen molar-refractivity contribution in [1.29, 1.82) is 0 Å². The largest absolute Gasteiger partial charge is 0.336 e. The third-order valence-electron chi connectivity index (χ3n) is 8.93. The number of carbonyl (C=O) groups excluding carboxylic acids is 3. The third kappa shape index (κ3) is 4.28. The number of likely N-dealkylation sites (tertiary alicyclic amines) is 1. The van der Waals surface area contributed by atoms with Gasteiger partial charge in [-0.2, -0.15) is 0 Å². The summed E-state index contributed by atoms with van der Waals surface area (Å²) in [4.78, 5) is 45.1. The van der Waals surface area contributed by atoms with Crippen molar-refractivity contribution in [3.05, 3.63) is 47.5 Å². The molecule has 4 heterocycles. The van der Waals surface area contributed by atoms with Crippen LogP contribution < -0.4 is 5.32 Å². The maximum Gasteiger partial charge on any atom is 0.324 e. The topological polar surface area (TPSA) is 73.0 Å². The van der Waals surface area contributed by atoms with Gasteiger partial charge in [-0.3, -0.25) is 19.4 Å². The number of fused-ring (bicyclic) bond motifs is 6. The van der Waals surface area contributed by atoms with Crippen molar-refractivity contribution in [3.63, 3.8) is 0 Å². The Balaban J connectivity index is 1.12. The fraction of sp³-hybridized carbons (Fsp3) is 0.607. The molecule has 1 aromatic rings. The Labute approximate surface area is 207 Å². The van der Waals surface area contributed by atoms with Gasteiger partial charge in [0.15, 0.2) is 0 Å². The number of benzene rings is 1. The second-order valence-electron chi connectivity index (χ2n) is 11.0. The van der Waals surface area contributed by atoms with E-state index in [2.05, 4.69) is 16.3 Å². The van der Waals surface area contributed by atoms with Gasteiger partial charge in [0.05, 0.1) is 12.5 Å². The molecule has 35 heavy (non-hydrogen) atoms. The number of imide groups is 1. The van der Waals surface area contributed by atoms with Gasteiger partial charge in [-0.25, -0.2) is 4.79 Å². The summed E-state index contributed by atoms with van der Waals surface area (Å²) in [5, 5.41) is 2.78. The highest BCUT2D eigenvalue weighted by Crippen LogP contribution is 2.45. The van der Waals surface area contributed by atoms with E-state index in [0.717, 1.165) is 31.5 Å². The van der Waals surface area contributed by atoms with Crippen LogP contribution in [0.5, 0.6) is 0 Å². The Morgan fingerprint density at radius 3 is 2.77 bits per heavy atom. The predicted octanol–water partition coefficient (Wildman–Crippen LogP) is 2.96. The van der Waals surface area contributed by atoms with Crippen molar-refractivity contribution in [2.75, 3.05) is 26.2 Å². The fourth-order valence-electron chi connectivity index (χ4n) is 7.36. The second kappa shape index (κ2) is 9.41. The molecule has 2 bridgehead atoms. The maximum absolute atomic E-state index is 13.6. The highest BCUT2D eigenvalue weighted by Gasteiger charge is 2.48. The minimum absolute atomic E-state index is 0.00313. The minimum atomic E-state index is -0.755. The zero-order valence-electron chi connectivity index (χ0n) is 20.4. The summed E-state index contributed by atoms with van der Waals surface area (Å²) in [6.07, 6.45) is 10.3.